The van der Waals surface area contributed by atoms with Gasteiger partial charge in [0.1, 0.15) is 0 Å². The van der Waals surface area contributed by atoms with Gasteiger partial charge < -0.3 is 4.42 Å². The molecule has 0 amide bonds. The third-order valence-corrected chi connectivity index (χ3v) is 3.75. The third kappa shape index (κ3) is 2.63. The second-order valence-electron chi connectivity index (χ2n) is 3.85. The summed E-state index contributed by atoms with van der Waals surface area (Å²) in [6, 6.07) is 1.94. The molecular weight excluding hydrogens is 210 g/mol. The van der Waals surface area contributed by atoms with Crippen LogP contribution >= 0.6 is 11.8 Å². The zero-order chi connectivity index (χ0) is 10.7. The minimum absolute atomic E-state index is 0.0821. The lowest BCUT2D eigenvalue weighted by molar-refractivity contribution is -0.122. The van der Waals surface area contributed by atoms with Crippen molar-refractivity contribution >= 4 is 17.5 Å². The Morgan fingerprint density at radius 3 is 3.27 bits per heavy atom. The molecule has 1 fully saturated rings. The quantitative estimate of drug-likeness (QED) is 0.779. The van der Waals surface area contributed by atoms with Crippen LogP contribution in [0.2, 0.25) is 0 Å². The number of Topliss-reactive ketones (excluding diaryl/α,β-unsaturated/α-hetero) is 1. The van der Waals surface area contributed by atoms with E-state index in [0.717, 1.165) is 23.6 Å². The highest BCUT2D eigenvalue weighted by molar-refractivity contribution is 7.99. The molecule has 1 aromatic heterocycles. The van der Waals surface area contributed by atoms with Crippen molar-refractivity contribution < 1.29 is 9.21 Å². The SMILES string of the molecule is CN1CCSCC1C(=O)Cc1ccoc1. The van der Waals surface area contributed by atoms with Crippen molar-refractivity contribution in [2.45, 2.75) is 12.5 Å². The first-order valence-corrected chi connectivity index (χ1v) is 6.24. The molecule has 1 aliphatic heterocycles. The summed E-state index contributed by atoms with van der Waals surface area (Å²) in [5.41, 5.74) is 0.976. The van der Waals surface area contributed by atoms with E-state index < -0.39 is 0 Å². The van der Waals surface area contributed by atoms with E-state index in [9.17, 15) is 4.79 Å². The first-order valence-electron chi connectivity index (χ1n) is 5.09. The van der Waals surface area contributed by atoms with Crippen LogP contribution in [0.15, 0.2) is 23.0 Å². The Bertz CT molecular complexity index is 323. The van der Waals surface area contributed by atoms with E-state index in [1.54, 1.807) is 12.5 Å². The number of rotatable bonds is 3. The van der Waals surface area contributed by atoms with Gasteiger partial charge in [-0.3, -0.25) is 9.69 Å². The number of carbonyl (C=O) groups excluding carboxylic acids is 1. The monoisotopic (exact) mass is 225 g/mol. The van der Waals surface area contributed by atoms with Gasteiger partial charge in [-0.15, -0.1) is 0 Å². The van der Waals surface area contributed by atoms with Crippen LogP contribution in [0.1, 0.15) is 5.56 Å². The Morgan fingerprint density at radius 2 is 2.60 bits per heavy atom. The van der Waals surface area contributed by atoms with E-state index in [1.807, 2.05) is 24.9 Å². The van der Waals surface area contributed by atoms with Crippen LogP contribution in [-0.2, 0) is 11.2 Å². The standard InChI is InChI=1S/C11H15NO2S/c1-12-3-5-15-8-10(12)11(13)6-9-2-4-14-7-9/h2,4,7,10H,3,5-6,8H2,1H3. The summed E-state index contributed by atoms with van der Waals surface area (Å²) in [6.45, 7) is 1.01. The molecule has 0 N–H and O–H groups in total. The normalized spacial score (nSPS) is 22.9. The molecule has 0 spiro atoms. The average molecular weight is 225 g/mol. The predicted octanol–water partition coefficient (Wildman–Crippen LogP) is 1.44. The fraction of sp³-hybridized carbons (Fsp3) is 0.545. The van der Waals surface area contributed by atoms with Gasteiger partial charge in [0.2, 0.25) is 0 Å². The maximum atomic E-state index is 12.0. The average Bonchev–Trinajstić information content (AvgIpc) is 2.71. The Labute approximate surface area is 93.8 Å². The summed E-state index contributed by atoms with van der Waals surface area (Å²) < 4.78 is 4.96. The number of ketones is 1. The molecular formula is C11H15NO2S. The van der Waals surface area contributed by atoms with Gasteiger partial charge in [-0.05, 0) is 18.7 Å². The molecule has 15 heavy (non-hydrogen) atoms. The summed E-state index contributed by atoms with van der Waals surface area (Å²) in [5.74, 6) is 2.35. The molecule has 1 atom stereocenters. The first-order chi connectivity index (χ1) is 7.27. The van der Waals surface area contributed by atoms with Gasteiger partial charge in [-0.2, -0.15) is 11.8 Å². The highest BCUT2D eigenvalue weighted by Gasteiger charge is 2.25. The van der Waals surface area contributed by atoms with Crippen LogP contribution in [-0.4, -0.2) is 41.8 Å². The van der Waals surface area contributed by atoms with Crippen molar-refractivity contribution in [1.82, 2.24) is 4.90 Å². The van der Waals surface area contributed by atoms with Crippen LogP contribution < -0.4 is 0 Å². The lowest BCUT2D eigenvalue weighted by Gasteiger charge is -2.30. The van der Waals surface area contributed by atoms with Crippen LogP contribution in [0.5, 0.6) is 0 Å². The Balaban J connectivity index is 1.95. The Morgan fingerprint density at radius 1 is 1.73 bits per heavy atom. The van der Waals surface area contributed by atoms with Crippen molar-refractivity contribution in [3.8, 4) is 0 Å². The van der Waals surface area contributed by atoms with Gasteiger partial charge in [0.25, 0.3) is 0 Å². The van der Waals surface area contributed by atoms with Gasteiger partial charge in [0.05, 0.1) is 18.6 Å². The number of likely N-dealkylation sites (N-methyl/N-ethyl adjacent to an activating group) is 1. The van der Waals surface area contributed by atoms with Crippen molar-refractivity contribution in [3.05, 3.63) is 24.2 Å². The summed E-state index contributed by atoms with van der Waals surface area (Å²) in [6.07, 6.45) is 3.75. The molecule has 1 aromatic rings. The van der Waals surface area contributed by atoms with E-state index in [0.29, 0.717) is 12.2 Å². The molecule has 0 radical (unpaired) electrons. The molecule has 0 saturated carbocycles. The van der Waals surface area contributed by atoms with Crippen LogP contribution in [0.3, 0.4) is 0 Å². The molecule has 4 heteroatoms. The maximum absolute atomic E-state index is 12.0. The Hall–Kier alpha value is -0.740. The van der Waals surface area contributed by atoms with Gasteiger partial charge in [0, 0.05) is 24.5 Å². The minimum Gasteiger partial charge on any atom is -0.472 e. The van der Waals surface area contributed by atoms with Gasteiger partial charge in [-0.25, -0.2) is 0 Å². The minimum atomic E-state index is 0.0821. The van der Waals surface area contributed by atoms with Crippen molar-refractivity contribution in [1.29, 1.82) is 0 Å². The largest absolute Gasteiger partial charge is 0.472 e. The fourth-order valence-corrected chi connectivity index (χ4v) is 2.98. The van der Waals surface area contributed by atoms with E-state index >= 15 is 0 Å². The van der Waals surface area contributed by atoms with E-state index in [4.69, 9.17) is 4.42 Å². The van der Waals surface area contributed by atoms with Gasteiger partial charge in [0.15, 0.2) is 5.78 Å². The lowest BCUT2D eigenvalue weighted by atomic mass is 10.1. The zero-order valence-corrected chi connectivity index (χ0v) is 9.63. The predicted molar refractivity (Wildman–Crippen MR) is 61.2 cm³/mol. The molecule has 0 aliphatic carbocycles. The first kappa shape index (κ1) is 10.8. The summed E-state index contributed by atoms with van der Waals surface area (Å²) >= 11 is 1.86. The zero-order valence-electron chi connectivity index (χ0n) is 8.81. The highest BCUT2D eigenvalue weighted by Crippen LogP contribution is 2.17. The second-order valence-corrected chi connectivity index (χ2v) is 5.00. The number of hydrogen-bond donors (Lipinski definition) is 0. The lowest BCUT2D eigenvalue weighted by Crippen LogP contribution is -2.45. The molecule has 3 nitrogen and oxygen atoms in total. The van der Waals surface area contributed by atoms with E-state index in [1.165, 1.54) is 0 Å². The number of thioether (sulfide) groups is 1. The Kier molecular flexibility index (Phi) is 3.49. The van der Waals surface area contributed by atoms with Crippen molar-refractivity contribution in [3.63, 3.8) is 0 Å². The number of hydrogen-bond acceptors (Lipinski definition) is 4. The molecule has 0 aromatic carbocycles. The summed E-state index contributed by atoms with van der Waals surface area (Å²) in [4.78, 5) is 14.1. The molecule has 2 rings (SSSR count). The summed E-state index contributed by atoms with van der Waals surface area (Å²) in [5, 5.41) is 0. The number of nitrogens with zero attached hydrogens (tertiary/aromatic N) is 1. The number of furan rings is 1. The van der Waals surface area contributed by atoms with Crippen LogP contribution in [0.4, 0.5) is 0 Å². The van der Waals surface area contributed by atoms with Gasteiger partial charge >= 0.3 is 0 Å². The molecule has 82 valence electrons. The van der Waals surface area contributed by atoms with Crippen molar-refractivity contribution in [2.24, 2.45) is 0 Å². The fourth-order valence-electron chi connectivity index (χ4n) is 1.74. The van der Waals surface area contributed by atoms with Crippen LogP contribution in [0, 0.1) is 0 Å². The van der Waals surface area contributed by atoms with Gasteiger partial charge in [-0.1, -0.05) is 0 Å². The van der Waals surface area contributed by atoms with E-state index in [-0.39, 0.29) is 6.04 Å². The molecule has 1 saturated heterocycles. The molecule has 0 bridgehead atoms. The van der Waals surface area contributed by atoms with Crippen molar-refractivity contribution in [2.75, 3.05) is 25.1 Å². The van der Waals surface area contributed by atoms with Crippen LogP contribution in [0.25, 0.3) is 0 Å². The summed E-state index contributed by atoms with van der Waals surface area (Å²) in [7, 11) is 2.03. The highest BCUT2D eigenvalue weighted by atomic mass is 32.2. The second kappa shape index (κ2) is 4.86. The molecule has 1 aliphatic rings. The number of carbonyl (C=O) groups is 1. The maximum Gasteiger partial charge on any atom is 0.155 e. The van der Waals surface area contributed by atoms with E-state index in [2.05, 4.69) is 4.90 Å². The smallest absolute Gasteiger partial charge is 0.155 e. The molecule has 2 heterocycles. The molecule has 1 unspecified atom stereocenters. The topological polar surface area (TPSA) is 33.5 Å². The third-order valence-electron chi connectivity index (χ3n) is 2.73.